The van der Waals surface area contributed by atoms with Gasteiger partial charge >= 0.3 is 0 Å². The van der Waals surface area contributed by atoms with E-state index in [0.29, 0.717) is 30.0 Å². The predicted octanol–water partition coefficient (Wildman–Crippen LogP) is 7.59. The molecule has 7 atom stereocenters. The Kier molecular flexibility index (Phi) is 4.89. The lowest BCUT2D eigenvalue weighted by atomic mass is 9.52. The standard InChI is InChI=1S/C33H41NO/c1-21-14-22(2)16-25(15-21)30-19-26-18-29-27-17-24(23-8-6-5-7-9-23)10-11-28(27)32(3)12-13-33(32,4)34(29)20-31(26)35-30/h6,8-9,12-15,18,24-26,30-31H,5,7,10-11,16-17,19-20H2,1-4H3. The van der Waals surface area contributed by atoms with Gasteiger partial charge in [0.05, 0.1) is 17.7 Å². The number of nitrogens with zero attached hydrogens (tertiary/aromatic N) is 1. The Morgan fingerprint density at radius 2 is 1.89 bits per heavy atom. The molecule has 0 bridgehead atoms. The monoisotopic (exact) mass is 467 g/mol. The molecule has 0 aromatic rings. The van der Waals surface area contributed by atoms with E-state index in [4.69, 9.17) is 4.74 Å². The number of ether oxygens (including phenoxy) is 1. The second kappa shape index (κ2) is 7.72. The van der Waals surface area contributed by atoms with E-state index in [9.17, 15) is 0 Å². The maximum atomic E-state index is 6.87. The number of rotatable bonds is 2. The van der Waals surface area contributed by atoms with Gasteiger partial charge in [-0.05, 0) is 89.7 Å². The van der Waals surface area contributed by atoms with Crippen LogP contribution in [0.3, 0.4) is 0 Å². The molecule has 2 nitrogen and oxygen atoms in total. The number of hydrogen-bond donors (Lipinski definition) is 0. The van der Waals surface area contributed by atoms with Gasteiger partial charge in [-0.2, -0.15) is 0 Å². The summed E-state index contributed by atoms with van der Waals surface area (Å²) in [4.78, 5) is 2.76. The first-order valence-corrected chi connectivity index (χ1v) is 14.2. The van der Waals surface area contributed by atoms with Crippen LogP contribution < -0.4 is 0 Å². The topological polar surface area (TPSA) is 12.5 Å². The van der Waals surface area contributed by atoms with Crippen molar-refractivity contribution in [3.63, 3.8) is 0 Å². The molecule has 7 rings (SSSR count). The van der Waals surface area contributed by atoms with Crippen LogP contribution in [0.15, 0.2) is 82.2 Å². The van der Waals surface area contributed by atoms with E-state index in [1.165, 1.54) is 49.7 Å². The first-order valence-electron chi connectivity index (χ1n) is 14.2. The highest BCUT2D eigenvalue weighted by molar-refractivity contribution is 5.56. The van der Waals surface area contributed by atoms with Crippen molar-refractivity contribution in [3.05, 3.63) is 82.2 Å². The van der Waals surface area contributed by atoms with Gasteiger partial charge in [-0.15, -0.1) is 0 Å². The van der Waals surface area contributed by atoms with Crippen LogP contribution in [0.2, 0.25) is 0 Å². The third-order valence-electron chi connectivity index (χ3n) is 10.7. The molecule has 0 amide bonds. The van der Waals surface area contributed by atoms with E-state index in [-0.39, 0.29) is 11.0 Å². The summed E-state index contributed by atoms with van der Waals surface area (Å²) in [5.74, 6) is 1.76. The Bertz CT molecular complexity index is 1170. The van der Waals surface area contributed by atoms with Crippen molar-refractivity contribution in [1.82, 2.24) is 4.90 Å². The van der Waals surface area contributed by atoms with Gasteiger partial charge in [-0.1, -0.05) is 65.3 Å². The van der Waals surface area contributed by atoms with E-state index >= 15 is 0 Å². The van der Waals surface area contributed by atoms with Gasteiger partial charge in [0.25, 0.3) is 0 Å². The average Bonchev–Trinajstić information content (AvgIpc) is 3.29. The Labute approximate surface area is 211 Å². The van der Waals surface area contributed by atoms with Gasteiger partial charge in [0.1, 0.15) is 0 Å². The number of hydrogen-bond acceptors (Lipinski definition) is 2. The van der Waals surface area contributed by atoms with Crippen LogP contribution in [0.5, 0.6) is 0 Å². The van der Waals surface area contributed by atoms with Gasteiger partial charge < -0.3 is 9.64 Å². The molecule has 1 saturated heterocycles. The van der Waals surface area contributed by atoms with Gasteiger partial charge in [-0.3, -0.25) is 0 Å². The first kappa shape index (κ1) is 22.2. The fraction of sp³-hybridized carbons (Fsp3) is 0.576. The zero-order valence-corrected chi connectivity index (χ0v) is 22.0. The lowest BCUT2D eigenvalue weighted by Crippen LogP contribution is -2.65. The Morgan fingerprint density at radius 1 is 1.00 bits per heavy atom. The molecule has 7 unspecified atom stereocenters. The summed E-state index contributed by atoms with van der Waals surface area (Å²) in [5.41, 5.74) is 9.73. The van der Waals surface area contributed by atoms with Crippen LogP contribution in [0.4, 0.5) is 0 Å². The van der Waals surface area contributed by atoms with Crippen LogP contribution in [0.25, 0.3) is 0 Å². The zero-order chi connectivity index (χ0) is 23.9. The summed E-state index contributed by atoms with van der Waals surface area (Å²) in [6.07, 6.45) is 29.0. The van der Waals surface area contributed by atoms with Crippen LogP contribution in [-0.2, 0) is 4.74 Å². The molecular formula is C33H41NO. The third kappa shape index (κ3) is 3.18. The maximum absolute atomic E-state index is 6.87. The van der Waals surface area contributed by atoms with Crippen molar-refractivity contribution in [2.45, 2.75) is 90.4 Å². The lowest BCUT2D eigenvalue weighted by Gasteiger charge is -2.64. The minimum absolute atomic E-state index is 0.0849. The second-order valence-corrected chi connectivity index (χ2v) is 12.8. The zero-order valence-electron chi connectivity index (χ0n) is 22.0. The SMILES string of the molecule is CC1=CC(C2CC3C=C4C5=C(CCC(C6=CCCC=C6)C5)C5(C)C=CC5(C)N4CC3O2)CC(C)=C1. The van der Waals surface area contributed by atoms with Crippen molar-refractivity contribution in [1.29, 1.82) is 0 Å². The van der Waals surface area contributed by atoms with Crippen molar-refractivity contribution in [3.8, 4) is 0 Å². The smallest absolute Gasteiger partial charge is 0.0818 e. The summed E-state index contributed by atoms with van der Waals surface area (Å²) in [6.45, 7) is 10.6. The molecular weight excluding hydrogens is 426 g/mol. The maximum Gasteiger partial charge on any atom is 0.0818 e. The molecule has 0 spiro atoms. The molecule has 3 aliphatic heterocycles. The van der Waals surface area contributed by atoms with Gasteiger partial charge in [0.2, 0.25) is 0 Å². The third-order valence-corrected chi connectivity index (χ3v) is 10.7. The summed E-state index contributed by atoms with van der Waals surface area (Å²) >= 11 is 0. The normalized spacial score (nSPS) is 43.8. The van der Waals surface area contributed by atoms with Gasteiger partial charge in [-0.25, -0.2) is 0 Å². The summed E-state index contributed by atoms with van der Waals surface area (Å²) in [6, 6.07) is 0. The molecule has 0 aromatic heterocycles. The largest absolute Gasteiger partial charge is 0.372 e. The molecule has 35 heavy (non-hydrogen) atoms. The fourth-order valence-corrected chi connectivity index (χ4v) is 8.55. The van der Waals surface area contributed by atoms with E-state index in [2.05, 4.69) is 81.2 Å². The molecule has 2 heteroatoms. The van der Waals surface area contributed by atoms with Crippen LogP contribution in [0, 0.1) is 23.2 Å². The van der Waals surface area contributed by atoms with E-state index in [0.717, 1.165) is 13.0 Å². The fourth-order valence-electron chi connectivity index (χ4n) is 8.55. The lowest BCUT2D eigenvalue weighted by molar-refractivity contribution is -0.0334. The van der Waals surface area contributed by atoms with Crippen molar-refractivity contribution < 1.29 is 4.74 Å². The average molecular weight is 468 g/mol. The second-order valence-electron chi connectivity index (χ2n) is 12.8. The number of allylic oxidation sites excluding steroid dienone is 8. The number of fused-ring (bicyclic) bond motifs is 6. The molecule has 0 saturated carbocycles. The molecule has 184 valence electrons. The first-order chi connectivity index (χ1) is 16.9. The summed E-state index contributed by atoms with van der Waals surface area (Å²) < 4.78 is 6.87. The van der Waals surface area contributed by atoms with Crippen molar-refractivity contribution in [2.75, 3.05) is 6.54 Å². The Hall–Kier alpha value is -2.06. The molecule has 0 radical (unpaired) electrons. The quantitative estimate of drug-likeness (QED) is 0.388. The summed E-state index contributed by atoms with van der Waals surface area (Å²) in [5, 5.41) is 0. The van der Waals surface area contributed by atoms with Crippen LogP contribution in [0.1, 0.15) is 72.6 Å². The molecule has 3 heterocycles. The minimum atomic E-state index is 0.0849. The Balaban J connectivity index is 1.23. The van der Waals surface area contributed by atoms with Crippen LogP contribution in [-0.4, -0.2) is 29.2 Å². The highest BCUT2D eigenvalue weighted by Gasteiger charge is 2.60. The highest BCUT2D eigenvalue weighted by Crippen LogP contribution is 2.63. The van der Waals surface area contributed by atoms with Crippen molar-refractivity contribution in [2.24, 2.45) is 23.2 Å². The molecule has 4 aliphatic carbocycles. The predicted molar refractivity (Wildman–Crippen MR) is 144 cm³/mol. The van der Waals surface area contributed by atoms with Gasteiger partial charge in [0, 0.05) is 29.5 Å². The van der Waals surface area contributed by atoms with E-state index < -0.39 is 0 Å². The minimum Gasteiger partial charge on any atom is -0.372 e. The summed E-state index contributed by atoms with van der Waals surface area (Å²) in [7, 11) is 0. The molecule has 0 aromatic carbocycles. The molecule has 0 N–H and O–H groups in total. The Morgan fingerprint density at radius 3 is 2.63 bits per heavy atom. The highest BCUT2D eigenvalue weighted by atomic mass is 16.5. The van der Waals surface area contributed by atoms with Gasteiger partial charge in [0.15, 0.2) is 0 Å². The molecule has 7 aliphatic rings. The van der Waals surface area contributed by atoms with E-state index in [1.807, 2.05) is 0 Å². The molecule has 1 fully saturated rings. The van der Waals surface area contributed by atoms with Crippen molar-refractivity contribution >= 4 is 0 Å². The van der Waals surface area contributed by atoms with Crippen LogP contribution >= 0.6 is 0 Å². The van der Waals surface area contributed by atoms with E-state index in [1.54, 1.807) is 22.4 Å².